The molecule has 0 saturated carbocycles. The number of thiophene rings is 2. The Balaban J connectivity index is 1.10. The summed E-state index contributed by atoms with van der Waals surface area (Å²) >= 11 is 3.75. The van der Waals surface area contributed by atoms with Crippen LogP contribution in [0.3, 0.4) is 0 Å². The number of hydrogen-bond donors (Lipinski definition) is 0. The first-order chi connectivity index (χ1) is 27.2. The Labute approximate surface area is 327 Å². The maximum Gasteiger partial charge on any atom is 0.0540 e. The highest BCUT2D eigenvalue weighted by Crippen LogP contribution is 2.45. The van der Waals surface area contributed by atoms with Crippen molar-refractivity contribution in [2.24, 2.45) is 0 Å². The molecule has 0 amide bonds. The molecule has 2 aromatic heterocycles. The lowest BCUT2D eigenvalue weighted by Crippen LogP contribution is -2.11. The Kier molecular flexibility index (Phi) is 7.61. The van der Waals surface area contributed by atoms with Gasteiger partial charge in [0.1, 0.15) is 0 Å². The van der Waals surface area contributed by atoms with E-state index >= 15 is 0 Å². The summed E-state index contributed by atoms with van der Waals surface area (Å²) in [5.41, 5.74) is 10.6. The molecule has 0 spiro atoms. The molecule has 1 nitrogen and oxygen atoms in total. The molecule has 11 aromatic rings. The summed E-state index contributed by atoms with van der Waals surface area (Å²) < 4.78 is 5.28. The van der Waals surface area contributed by atoms with E-state index < -0.39 is 0 Å². The van der Waals surface area contributed by atoms with Crippen molar-refractivity contribution in [3.63, 3.8) is 0 Å². The summed E-state index contributed by atoms with van der Waals surface area (Å²) in [5.74, 6) is 0. The van der Waals surface area contributed by atoms with Crippen molar-refractivity contribution in [3.8, 4) is 33.4 Å². The zero-order chi connectivity index (χ0) is 36.3. The van der Waals surface area contributed by atoms with Crippen LogP contribution >= 0.6 is 22.7 Å². The second-order valence-corrected chi connectivity index (χ2v) is 16.2. The van der Waals surface area contributed by atoms with Crippen LogP contribution in [0.5, 0.6) is 0 Å². The molecule has 0 radical (unpaired) electrons. The van der Waals surface area contributed by atoms with Gasteiger partial charge >= 0.3 is 0 Å². The van der Waals surface area contributed by atoms with Crippen LogP contribution in [-0.4, -0.2) is 0 Å². The summed E-state index contributed by atoms with van der Waals surface area (Å²) in [5, 5.41) is 7.75. The van der Waals surface area contributed by atoms with Crippen LogP contribution in [0.1, 0.15) is 0 Å². The number of hydrogen-bond acceptors (Lipinski definition) is 3. The van der Waals surface area contributed by atoms with Crippen LogP contribution < -0.4 is 4.90 Å². The van der Waals surface area contributed by atoms with Gasteiger partial charge in [-0.3, -0.25) is 0 Å². The van der Waals surface area contributed by atoms with Crippen LogP contribution in [0.25, 0.3) is 84.5 Å². The Morgan fingerprint density at radius 1 is 0.309 bits per heavy atom. The molecule has 0 saturated heterocycles. The zero-order valence-corrected chi connectivity index (χ0v) is 31.4. The van der Waals surface area contributed by atoms with E-state index in [4.69, 9.17) is 0 Å². The normalized spacial score (nSPS) is 11.6. The van der Waals surface area contributed by atoms with Crippen molar-refractivity contribution >= 4 is 90.9 Å². The van der Waals surface area contributed by atoms with E-state index in [1.54, 1.807) is 0 Å². The third-order valence-corrected chi connectivity index (χ3v) is 13.2. The highest BCUT2D eigenvalue weighted by Gasteiger charge is 2.20. The predicted octanol–water partition coefficient (Wildman–Crippen LogP) is 16.0. The van der Waals surface area contributed by atoms with Crippen LogP contribution in [-0.2, 0) is 0 Å². The highest BCUT2D eigenvalue weighted by atomic mass is 32.1. The molecule has 0 fully saturated rings. The number of nitrogens with zero attached hydrogens (tertiary/aromatic N) is 1. The minimum atomic E-state index is 1.11. The Morgan fingerprint density at radius 2 is 0.873 bits per heavy atom. The van der Waals surface area contributed by atoms with Gasteiger partial charge in [-0.25, -0.2) is 0 Å². The monoisotopic (exact) mass is 735 g/mol. The lowest BCUT2D eigenvalue weighted by Gasteiger charge is -2.29. The first kappa shape index (κ1) is 32.0. The minimum absolute atomic E-state index is 1.11. The predicted molar refractivity (Wildman–Crippen MR) is 241 cm³/mol. The molecule has 0 N–H and O–H groups in total. The van der Waals surface area contributed by atoms with E-state index in [1.165, 1.54) is 84.5 Å². The van der Waals surface area contributed by atoms with E-state index in [2.05, 4.69) is 205 Å². The molecule has 258 valence electrons. The largest absolute Gasteiger partial charge is 0.310 e. The fraction of sp³-hybridized carbons (Fsp3) is 0. The maximum atomic E-state index is 2.44. The molecule has 55 heavy (non-hydrogen) atoms. The van der Waals surface area contributed by atoms with Crippen molar-refractivity contribution in [2.45, 2.75) is 0 Å². The zero-order valence-electron chi connectivity index (χ0n) is 29.8. The van der Waals surface area contributed by atoms with Crippen LogP contribution in [0, 0.1) is 0 Å². The van der Waals surface area contributed by atoms with Gasteiger partial charge in [-0.2, -0.15) is 0 Å². The van der Waals surface area contributed by atoms with Gasteiger partial charge in [-0.05, 0) is 93.2 Å². The molecular formula is C52H33NS2. The molecule has 2 heterocycles. The third kappa shape index (κ3) is 5.51. The molecule has 0 atom stereocenters. The third-order valence-electron chi connectivity index (χ3n) is 10.8. The first-order valence-electron chi connectivity index (χ1n) is 18.7. The fourth-order valence-corrected chi connectivity index (χ4v) is 10.6. The topological polar surface area (TPSA) is 3.24 Å². The molecule has 0 bridgehead atoms. The SMILES string of the molecule is c1cc(-c2ccc3c(c2)sc2ccccc23)cc(N(c2cccc(-c3cccc4c3sc3ccccc34)c2)c2ccccc2-c2ccc3ccccc3c2)c1. The average molecular weight is 736 g/mol. The first-order valence-corrected chi connectivity index (χ1v) is 20.3. The second kappa shape index (κ2) is 13.1. The van der Waals surface area contributed by atoms with E-state index in [0.717, 1.165) is 17.1 Å². The van der Waals surface area contributed by atoms with E-state index in [9.17, 15) is 0 Å². The van der Waals surface area contributed by atoms with Gasteiger partial charge < -0.3 is 4.90 Å². The molecule has 0 unspecified atom stereocenters. The van der Waals surface area contributed by atoms with Crippen molar-refractivity contribution in [1.29, 1.82) is 0 Å². The second-order valence-electron chi connectivity index (χ2n) is 14.1. The van der Waals surface area contributed by atoms with Crippen LogP contribution in [0.15, 0.2) is 200 Å². The fourth-order valence-electron chi connectivity index (χ4n) is 8.21. The summed E-state index contributed by atoms with van der Waals surface area (Å²) in [7, 11) is 0. The highest BCUT2D eigenvalue weighted by molar-refractivity contribution is 7.26. The Bertz CT molecular complexity index is 3240. The van der Waals surface area contributed by atoms with Gasteiger partial charge in [0.2, 0.25) is 0 Å². The van der Waals surface area contributed by atoms with Crippen molar-refractivity contribution in [2.75, 3.05) is 4.90 Å². The molecule has 0 aliphatic rings. The Hall–Kier alpha value is -6.52. The summed E-state index contributed by atoms with van der Waals surface area (Å²) in [6.07, 6.45) is 0. The number of anilines is 3. The molecule has 0 aliphatic heterocycles. The van der Waals surface area contributed by atoms with Crippen LogP contribution in [0.4, 0.5) is 17.1 Å². The quantitative estimate of drug-likeness (QED) is 0.164. The van der Waals surface area contributed by atoms with Gasteiger partial charge in [0.05, 0.1) is 5.69 Å². The maximum absolute atomic E-state index is 2.44. The summed E-state index contributed by atoms with van der Waals surface area (Å²) in [4.78, 5) is 2.44. The number of benzene rings is 9. The summed E-state index contributed by atoms with van der Waals surface area (Å²) in [6.45, 7) is 0. The van der Waals surface area contributed by atoms with Crippen molar-refractivity contribution in [3.05, 3.63) is 200 Å². The van der Waals surface area contributed by atoms with Gasteiger partial charge in [0.25, 0.3) is 0 Å². The lowest BCUT2D eigenvalue weighted by molar-refractivity contribution is 1.28. The van der Waals surface area contributed by atoms with Gasteiger partial charge in [-0.1, -0.05) is 146 Å². The number of para-hydroxylation sites is 1. The van der Waals surface area contributed by atoms with E-state index in [0.29, 0.717) is 0 Å². The van der Waals surface area contributed by atoms with E-state index in [-0.39, 0.29) is 0 Å². The van der Waals surface area contributed by atoms with Crippen LogP contribution in [0.2, 0.25) is 0 Å². The molecule has 0 aliphatic carbocycles. The molecule has 11 rings (SSSR count). The molecule has 9 aromatic carbocycles. The average Bonchev–Trinajstić information content (AvgIpc) is 3.82. The summed E-state index contributed by atoms with van der Waals surface area (Å²) in [6, 6.07) is 73.5. The molecule has 3 heteroatoms. The van der Waals surface area contributed by atoms with E-state index in [1.807, 2.05) is 22.7 Å². The minimum Gasteiger partial charge on any atom is -0.310 e. The van der Waals surface area contributed by atoms with Gasteiger partial charge in [0, 0.05) is 57.3 Å². The van der Waals surface area contributed by atoms with Crippen molar-refractivity contribution in [1.82, 2.24) is 0 Å². The molecular weight excluding hydrogens is 703 g/mol. The van der Waals surface area contributed by atoms with Gasteiger partial charge in [0.15, 0.2) is 0 Å². The lowest BCUT2D eigenvalue weighted by atomic mass is 9.97. The van der Waals surface area contributed by atoms with Crippen molar-refractivity contribution < 1.29 is 0 Å². The standard InChI is InChI=1S/C52H33NS2/c1-2-13-35-30-39(27-26-34(35)12-1)42-18-3-6-23-48(42)53(40-16-9-14-36(31-40)37-28-29-46-44-19-4-7-24-49(44)54-51(46)33-37)41-17-10-15-38(32-41)43-21-11-22-47-45-20-5-8-25-50(45)55-52(43)47/h1-33H. The van der Waals surface area contributed by atoms with Gasteiger partial charge in [-0.15, -0.1) is 22.7 Å². The Morgan fingerprint density at radius 3 is 1.73 bits per heavy atom. The number of rotatable bonds is 6. The number of fused-ring (bicyclic) bond motifs is 7. The smallest absolute Gasteiger partial charge is 0.0540 e.